The summed E-state index contributed by atoms with van der Waals surface area (Å²) in [6.45, 7) is 4.50. The molecule has 8 heavy (non-hydrogen) atoms. The van der Waals surface area contributed by atoms with Crippen molar-refractivity contribution in [2.75, 3.05) is 0 Å². The van der Waals surface area contributed by atoms with Gasteiger partial charge in [0.15, 0.2) is 0 Å². The lowest BCUT2D eigenvalue weighted by atomic mass is 10.7. The fraction of sp³-hybridized carbons (Fsp3) is 0.333. The summed E-state index contributed by atoms with van der Waals surface area (Å²) in [7, 11) is -0.647. The first-order valence-corrected chi connectivity index (χ1v) is 5.73. The fourth-order valence-electron chi connectivity index (χ4n) is 0.620. The highest BCUT2D eigenvalue weighted by Gasteiger charge is 2.00. The number of rotatable bonds is 1. The van der Waals surface area contributed by atoms with E-state index in [1.54, 1.807) is 6.26 Å². The molecule has 0 saturated carbocycles. The summed E-state index contributed by atoms with van der Waals surface area (Å²) in [5.74, 6) is 0. The van der Waals surface area contributed by atoms with Gasteiger partial charge in [0.2, 0.25) is 0 Å². The average molecular weight is 126 g/mol. The predicted octanol–water partition coefficient (Wildman–Crippen LogP) is 0.973. The first kappa shape index (κ1) is 5.63. The molecule has 1 rings (SSSR count). The van der Waals surface area contributed by atoms with Crippen LogP contribution in [0.3, 0.4) is 0 Å². The van der Waals surface area contributed by atoms with Crippen molar-refractivity contribution in [3.8, 4) is 0 Å². The Kier molecular flexibility index (Phi) is 1.53. The van der Waals surface area contributed by atoms with Crippen molar-refractivity contribution >= 4 is 14.2 Å². The maximum absolute atomic E-state index is 5.16. The highest BCUT2D eigenvalue weighted by atomic mass is 28.3. The van der Waals surface area contributed by atoms with E-state index in [4.69, 9.17) is 4.42 Å². The van der Waals surface area contributed by atoms with E-state index < -0.39 is 8.80 Å². The van der Waals surface area contributed by atoms with Crippen LogP contribution in [-0.4, -0.2) is 8.80 Å². The molecular formula is C6H10OSi. The first-order valence-electron chi connectivity index (χ1n) is 2.84. The van der Waals surface area contributed by atoms with E-state index in [0.29, 0.717) is 0 Å². The number of hydrogen-bond acceptors (Lipinski definition) is 1. The Morgan fingerprint density at radius 3 is 2.50 bits per heavy atom. The van der Waals surface area contributed by atoms with Crippen molar-refractivity contribution in [3.05, 3.63) is 18.4 Å². The van der Waals surface area contributed by atoms with Gasteiger partial charge in [-0.25, -0.2) is 0 Å². The average Bonchev–Trinajstić information content (AvgIpc) is 2.12. The standard InChI is InChI=1S/C6H10OSi/c1-8(2)6-4-3-5-7-6/h3-5,8H,1-2H3. The van der Waals surface area contributed by atoms with Gasteiger partial charge >= 0.3 is 0 Å². The molecule has 0 saturated heterocycles. The van der Waals surface area contributed by atoms with Crippen LogP contribution in [0.1, 0.15) is 0 Å². The van der Waals surface area contributed by atoms with Gasteiger partial charge in [-0.05, 0) is 12.1 Å². The van der Waals surface area contributed by atoms with Gasteiger partial charge in [-0.15, -0.1) is 0 Å². The van der Waals surface area contributed by atoms with Crippen LogP contribution in [0.25, 0.3) is 0 Å². The molecule has 0 aromatic carbocycles. The molecule has 0 radical (unpaired) electrons. The predicted molar refractivity (Wildman–Crippen MR) is 37.2 cm³/mol. The monoisotopic (exact) mass is 126 g/mol. The molecule has 0 amide bonds. The molecule has 0 N–H and O–H groups in total. The summed E-state index contributed by atoms with van der Waals surface area (Å²) >= 11 is 0. The molecule has 0 aliphatic rings. The number of furan rings is 1. The van der Waals surface area contributed by atoms with Crippen LogP contribution < -0.4 is 5.38 Å². The van der Waals surface area contributed by atoms with E-state index in [-0.39, 0.29) is 0 Å². The molecule has 0 spiro atoms. The maximum Gasteiger partial charge on any atom is 0.110 e. The molecule has 0 unspecified atom stereocenters. The lowest BCUT2D eigenvalue weighted by Gasteiger charge is -1.92. The summed E-state index contributed by atoms with van der Waals surface area (Å²) < 4.78 is 5.16. The molecule has 1 aromatic rings. The summed E-state index contributed by atoms with van der Waals surface area (Å²) in [4.78, 5) is 0. The van der Waals surface area contributed by atoms with Gasteiger partial charge in [0, 0.05) is 0 Å². The van der Waals surface area contributed by atoms with Gasteiger partial charge in [-0.2, -0.15) is 0 Å². The zero-order chi connectivity index (χ0) is 5.98. The third-order valence-electron chi connectivity index (χ3n) is 1.11. The minimum Gasteiger partial charge on any atom is -0.475 e. The van der Waals surface area contributed by atoms with Gasteiger partial charge in [-0.1, -0.05) is 13.1 Å². The molecule has 0 bridgehead atoms. The van der Waals surface area contributed by atoms with Crippen molar-refractivity contribution in [1.29, 1.82) is 0 Å². The Morgan fingerprint density at radius 2 is 2.25 bits per heavy atom. The van der Waals surface area contributed by atoms with Gasteiger partial charge in [0.25, 0.3) is 0 Å². The van der Waals surface area contributed by atoms with Gasteiger partial charge < -0.3 is 4.42 Å². The van der Waals surface area contributed by atoms with Crippen LogP contribution in [0.4, 0.5) is 0 Å². The molecule has 1 nitrogen and oxygen atoms in total. The SMILES string of the molecule is C[SiH](C)c1ccco1. The fourth-order valence-corrected chi connectivity index (χ4v) is 1.47. The third kappa shape index (κ3) is 1.01. The molecule has 0 atom stereocenters. The molecule has 1 heterocycles. The first-order chi connectivity index (χ1) is 3.80. The normalized spacial score (nSPS) is 10.4. The Bertz CT molecular complexity index is 144. The van der Waals surface area contributed by atoms with E-state index >= 15 is 0 Å². The highest BCUT2D eigenvalue weighted by Crippen LogP contribution is 1.86. The van der Waals surface area contributed by atoms with E-state index in [2.05, 4.69) is 19.2 Å². The minimum absolute atomic E-state index is 0.647. The van der Waals surface area contributed by atoms with Gasteiger partial charge in [0.1, 0.15) is 8.80 Å². The summed E-state index contributed by atoms with van der Waals surface area (Å²) in [5.41, 5.74) is 0. The van der Waals surface area contributed by atoms with Crippen LogP contribution >= 0.6 is 0 Å². The van der Waals surface area contributed by atoms with Crippen LogP contribution in [0, 0.1) is 0 Å². The molecule has 0 aliphatic heterocycles. The summed E-state index contributed by atoms with van der Waals surface area (Å²) in [6.07, 6.45) is 1.74. The van der Waals surface area contributed by atoms with Crippen molar-refractivity contribution < 1.29 is 4.42 Å². The van der Waals surface area contributed by atoms with E-state index in [0.717, 1.165) is 0 Å². The Morgan fingerprint density at radius 1 is 1.50 bits per heavy atom. The van der Waals surface area contributed by atoms with Crippen molar-refractivity contribution in [2.24, 2.45) is 0 Å². The molecule has 44 valence electrons. The summed E-state index contributed by atoms with van der Waals surface area (Å²) in [5, 5.41) is 1.20. The topological polar surface area (TPSA) is 13.1 Å². The Balaban J connectivity index is 2.77. The summed E-state index contributed by atoms with van der Waals surface area (Å²) in [6, 6.07) is 4.00. The molecule has 0 fully saturated rings. The smallest absolute Gasteiger partial charge is 0.110 e. The minimum atomic E-state index is -0.647. The van der Waals surface area contributed by atoms with E-state index in [1.807, 2.05) is 6.07 Å². The van der Waals surface area contributed by atoms with Crippen molar-refractivity contribution in [2.45, 2.75) is 13.1 Å². The molecule has 1 aromatic heterocycles. The largest absolute Gasteiger partial charge is 0.475 e. The van der Waals surface area contributed by atoms with Crippen molar-refractivity contribution in [1.82, 2.24) is 0 Å². The van der Waals surface area contributed by atoms with Gasteiger partial charge in [-0.3, -0.25) is 0 Å². The lowest BCUT2D eigenvalue weighted by molar-refractivity contribution is 0.599. The number of hydrogen-bond donors (Lipinski definition) is 0. The van der Waals surface area contributed by atoms with Crippen LogP contribution in [0.5, 0.6) is 0 Å². The molecular weight excluding hydrogens is 116 g/mol. The van der Waals surface area contributed by atoms with Crippen LogP contribution in [0.15, 0.2) is 22.8 Å². The molecule has 0 aliphatic carbocycles. The van der Waals surface area contributed by atoms with E-state index in [1.165, 1.54) is 5.38 Å². The Hall–Kier alpha value is -0.503. The second kappa shape index (κ2) is 2.18. The lowest BCUT2D eigenvalue weighted by Crippen LogP contribution is -2.19. The zero-order valence-corrected chi connectivity index (χ0v) is 6.37. The maximum atomic E-state index is 5.16. The van der Waals surface area contributed by atoms with Gasteiger partial charge in [0.05, 0.1) is 11.6 Å². The Labute approximate surface area is 50.9 Å². The second-order valence-corrected chi connectivity index (χ2v) is 5.05. The second-order valence-electron chi connectivity index (χ2n) is 2.17. The third-order valence-corrected chi connectivity index (χ3v) is 2.58. The van der Waals surface area contributed by atoms with E-state index in [9.17, 15) is 0 Å². The zero-order valence-electron chi connectivity index (χ0n) is 5.22. The van der Waals surface area contributed by atoms with Crippen molar-refractivity contribution in [3.63, 3.8) is 0 Å². The highest BCUT2D eigenvalue weighted by molar-refractivity contribution is 6.69. The van der Waals surface area contributed by atoms with Crippen LogP contribution in [-0.2, 0) is 0 Å². The quantitative estimate of drug-likeness (QED) is 0.511. The van der Waals surface area contributed by atoms with Crippen LogP contribution in [0.2, 0.25) is 13.1 Å². The molecule has 2 heteroatoms.